The number of anilines is 1. The van der Waals surface area contributed by atoms with Gasteiger partial charge in [0.2, 0.25) is 0 Å². The van der Waals surface area contributed by atoms with Crippen molar-refractivity contribution < 1.29 is 19.4 Å². The van der Waals surface area contributed by atoms with E-state index >= 15 is 0 Å². The van der Waals surface area contributed by atoms with Crippen LogP contribution in [0.3, 0.4) is 0 Å². The van der Waals surface area contributed by atoms with Crippen molar-refractivity contribution in [1.29, 1.82) is 0 Å². The molecule has 104 valence electrons. The lowest BCUT2D eigenvalue weighted by atomic mass is 10.2. The van der Waals surface area contributed by atoms with Crippen LogP contribution in [0.5, 0.6) is 0 Å². The normalized spacial score (nSPS) is 10.1. The van der Waals surface area contributed by atoms with Crippen LogP contribution in [-0.4, -0.2) is 42.2 Å². The highest BCUT2D eigenvalue weighted by Gasteiger charge is 2.13. The first kappa shape index (κ1) is 14.9. The number of aliphatic carboxylic acids is 1. The molecule has 0 atom stereocenters. The summed E-state index contributed by atoms with van der Waals surface area (Å²) in [4.78, 5) is 28.2. The minimum Gasteiger partial charge on any atom is -0.481 e. The lowest BCUT2D eigenvalue weighted by Crippen LogP contribution is -2.27. The molecule has 0 saturated carbocycles. The molecule has 0 aliphatic heterocycles. The number of pyridine rings is 1. The van der Waals surface area contributed by atoms with Crippen LogP contribution in [0.15, 0.2) is 12.1 Å². The fraction of sp³-hybridized carbons (Fsp3) is 0.462. The summed E-state index contributed by atoms with van der Waals surface area (Å²) in [6, 6.07) is 3.34. The summed E-state index contributed by atoms with van der Waals surface area (Å²) >= 11 is 0. The number of aromatic nitrogens is 1. The summed E-state index contributed by atoms with van der Waals surface area (Å²) in [5.41, 5.74) is 0.985. The number of methoxy groups -OCH3 is 1. The van der Waals surface area contributed by atoms with Crippen LogP contribution in [0.4, 0.5) is 5.82 Å². The maximum Gasteiger partial charge on any atom is 0.339 e. The minimum atomic E-state index is -0.846. The van der Waals surface area contributed by atoms with Crippen LogP contribution in [-0.2, 0) is 9.53 Å². The van der Waals surface area contributed by atoms with Crippen LogP contribution in [0.1, 0.15) is 29.4 Å². The van der Waals surface area contributed by atoms with Gasteiger partial charge in [-0.25, -0.2) is 9.78 Å². The maximum atomic E-state index is 11.4. The topological polar surface area (TPSA) is 79.7 Å². The number of esters is 1. The fourth-order valence-corrected chi connectivity index (χ4v) is 1.71. The molecular formula is C13H18N2O4. The number of hydrogen-bond donors (Lipinski definition) is 1. The third-order valence-electron chi connectivity index (χ3n) is 2.78. The Balaban J connectivity index is 2.91. The number of carboxylic acid groups (broad SMARTS) is 1. The lowest BCUT2D eigenvalue weighted by molar-refractivity contribution is -0.136. The van der Waals surface area contributed by atoms with E-state index in [1.165, 1.54) is 7.11 Å². The van der Waals surface area contributed by atoms with Crippen molar-refractivity contribution in [3.63, 3.8) is 0 Å². The number of ether oxygens (including phenoxy) is 1. The second kappa shape index (κ2) is 6.72. The Bertz CT molecular complexity index is 474. The Morgan fingerprint density at radius 2 is 2.11 bits per heavy atom. The molecule has 0 bridgehead atoms. The average Bonchev–Trinajstić information content (AvgIpc) is 2.38. The molecule has 0 fully saturated rings. The van der Waals surface area contributed by atoms with E-state index < -0.39 is 11.9 Å². The van der Waals surface area contributed by atoms with E-state index in [0.29, 0.717) is 30.2 Å². The number of rotatable bonds is 6. The number of carbonyl (C=O) groups is 2. The number of aryl methyl sites for hydroxylation is 1. The molecule has 1 heterocycles. The lowest BCUT2D eigenvalue weighted by Gasteiger charge is -2.21. The molecule has 0 spiro atoms. The van der Waals surface area contributed by atoms with Gasteiger partial charge in [-0.2, -0.15) is 0 Å². The molecule has 0 saturated heterocycles. The van der Waals surface area contributed by atoms with Gasteiger partial charge < -0.3 is 14.7 Å². The maximum absolute atomic E-state index is 11.4. The van der Waals surface area contributed by atoms with Gasteiger partial charge in [0.15, 0.2) is 0 Å². The summed E-state index contributed by atoms with van der Waals surface area (Å²) in [6.45, 7) is 4.68. The number of carbonyl (C=O) groups excluding carboxylic acids is 1. The zero-order valence-electron chi connectivity index (χ0n) is 11.3. The van der Waals surface area contributed by atoms with E-state index in [4.69, 9.17) is 5.11 Å². The highest BCUT2D eigenvalue weighted by Crippen LogP contribution is 2.15. The quantitative estimate of drug-likeness (QED) is 0.785. The number of hydrogen-bond acceptors (Lipinski definition) is 5. The summed E-state index contributed by atoms with van der Waals surface area (Å²) in [6.07, 6.45) is 0.0489. The first-order valence-corrected chi connectivity index (χ1v) is 6.02. The third-order valence-corrected chi connectivity index (χ3v) is 2.78. The average molecular weight is 266 g/mol. The largest absolute Gasteiger partial charge is 0.481 e. The molecule has 0 radical (unpaired) electrons. The van der Waals surface area contributed by atoms with E-state index in [1.807, 2.05) is 11.8 Å². The summed E-state index contributed by atoms with van der Waals surface area (Å²) < 4.78 is 4.65. The highest BCUT2D eigenvalue weighted by molar-refractivity contribution is 5.90. The first-order valence-electron chi connectivity index (χ1n) is 6.02. The minimum absolute atomic E-state index is 0.0489. The van der Waals surface area contributed by atoms with Gasteiger partial charge in [0, 0.05) is 13.1 Å². The second-order valence-electron chi connectivity index (χ2n) is 4.02. The van der Waals surface area contributed by atoms with Crippen LogP contribution in [0, 0.1) is 6.92 Å². The van der Waals surface area contributed by atoms with Crippen molar-refractivity contribution in [2.45, 2.75) is 20.3 Å². The Hall–Kier alpha value is -2.11. The van der Waals surface area contributed by atoms with Crippen molar-refractivity contribution in [1.82, 2.24) is 4.98 Å². The van der Waals surface area contributed by atoms with Gasteiger partial charge in [-0.1, -0.05) is 0 Å². The predicted molar refractivity (Wildman–Crippen MR) is 70.5 cm³/mol. The van der Waals surface area contributed by atoms with Gasteiger partial charge in [-0.15, -0.1) is 0 Å². The van der Waals surface area contributed by atoms with Crippen LogP contribution in [0.25, 0.3) is 0 Å². The summed E-state index contributed by atoms with van der Waals surface area (Å²) in [7, 11) is 1.32. The van der Waals surface area contributed by atoms with Crippen LogP contribution < -0.4 is 4.90 Å². The van der Waals surface area contributed by atoms with E-state index in [-0.39, 0.29) is 6.42 Å². The molecule has 0 amide bonds. The van der Waals surface area contributed by atoms with E-state index in [0.717, 1.165) is 0 Å². The molecule has 6 heteroatoms. The molecule has 1 N–H and O–H groups in total. The number of nitrogens with zero attached hydrogens (tertiary/aromatic N) is 2. The number of carboxylic acids is 1. The molecule has 0 aliphatic rings. The molecule has 0 aromatic carbocycles. The predicted octanol–water partition coefficient (Wildman–Crippen LogP) is 1.48. The van der Waals surface area contributed by atoms with Gasteiger partial charge in [0.05, 0.1) is 24.8 Å². The standard InChI is InChI=1S/C13H18N2O4/c1-4-15(8-7-12(16)17)11-6-5-10(9(2)14-11)13(18)19-3/h5-6H,4,7-8H2,1-3H3,(H,16,17). The van der Waals surface area contributed by atoms with Crippen molar-refractivity contribution in [2.75, 3.05) is 25.1 Å². The first-order chi connectivity index (χ1) is 8.99. The Kier molecular flexibility index (Phi) is 5.29. The van der Waals surface area contributed by atoms with Crippen molar-refractivity contribution in [2.24, 2.45) is 0 Å². The zero-order valence-corrected chi connectivity index (χ0v) is 11.3. The van der Waals surface area contributed by atoms with Gasteiger partial charge in [0.1, 0.15) is 5.82 Å². The monoisotopic (exact) mass is 266 g/mol. The Morgan fingerprint density at radius 3 is 2.58 bits per heavy atom. The fourth-order valence-electron chi connectivity index (χ4n) is 1.71. The second-order valence-corrected chi connectivity index (χ2v) is 4.02. The molecule has 19 heavy (non-hydrogen) atoms. The highest BCUT2D eigenvalue weighted by atomic mass is 16.5. The smallest absolute Gasteiger partial charge is 0.339 e. The molecule has 6 nitrogen and oxygen atoms in total. The molecular weight excluding hydrogens is 248 g/mol. The molecule has 1 aromatic heterocycles. The summed E-state index contributed by atoms with van der Waals surface area (Å²) in [5.74, 6) is -0.611. The SMILES string of the molecule is CCN(CCC(=O)O)c1ccc(C(=O)OC)c(C)n1. The van der Waals surface area contributed by atoms with Crippen LogP contribution >= 0.6 is 0 Å². The Labute approximate surface area is 112 Å². The van der Waals surface area contributed by atoms with Crippen LogP contribution in [0.2, 0.25) is 0 Å². The van der Waals surface area contributed by atoms with Gasteiger partial charge in [-0.3, -0.25) is 4.79 Å². The third kappa shape index (κ3) is 3.94. The summed E-state index contributed by atoms with van der Waals surface area (Å²) in [5, 5.41) is 8.70. The van der Waals surface area contributed by atoms with Gasteiger partial charge >= 0.3 is 11.9 Å². The zero-order chi connectivity index (χ0) is 14.4. The Morgan fingerprint density at radius 1 is 1.42 bits per heavy atom. The molecule has 1 rings (SSSR count). The molecule has 0 aliphatic carbocycles. The van der Waals surface area contributed by atoms with Gasteiger partial charge in [0.25, 0.3) is 0 Å². The molecule has 1 aromatic rings. The van der Waals surface area contributed by atoms with E-state index in [2.05, 4.69) is 9.72 Å². The van der Waals surface area contributed by atoms with Crippen molar-refractivity contribution in [3.05, 3.63) is 23.4 Å². The van der Waals surface area contributed by atoms with Crippen molar-refractivity contribution >= 4 is 17.8 Å². The van der Waals surface area contributed by atoms with E-state index in [1.54, 1.807) is 19.1 Å². The van der Waals surface area contributed by atoms with E-state index in [9.17, 15) is 9.59 Å². The van der Waals surface area contributed by atoms with Crippen molar-refractivity contribution in [3.8, 4) is 0 Å². The van der Waals surface area contributed by atoms with Gasteiger partial charge in [-0.05, 0) is 26.0 Å². The molecule has 0 unspecified atom stereocenters.